The Kier molecular flexibility index (Phi) is 3.99. The quantitative estimate of drug-likeness (QED) is 0.460. The maximum Gasteiger partial charge on any atom is 0.263 e. The lowest BCUT2D eigenvalue weighted by Crippen LogP contribution is -2.30. The predicted molar refractivity (Wildman–Crippen MR) is 83.9 cm³/mol. The van der Waals surface area contributed by atoms with Crippen LogP contribution in [0.4, 0.5) is 5.69 Å². The Bertz CT molecular complexity index is 781. The average Bonchev–Trinajstić information content (AvgIpc) is 2.41. The molecule has 0 aliphatic carbocycles. The molecular weight excluding hydrogens is 286 g/mol. The molecule has 0 saturated carbocycles. The first-order valence-corrected chi connectivity index (χ1v) is 7.82. The molecule has 0 bridgehead atoms. The molecule has 0 aromatic heterocycles. The van der Waals surface area contributed by atoms with Crippen LogP contribution in [-0.4, -0.2) is 14.3 Å². The van der Waals surface area contributed by atoms with Crippen molar-refractivity contribution in [1.82, 2.24) is 4.72 Å². The van der Waals surface area contributed by atoms with Gasteiger partial charge in [-0.25, -0.2) is 8.42 Å². The van der Waals surface area contributed by atoms with E-state index in [1.807, 2.05) is 19.9 Å². The number of nitrogen functional groups attached to an aromatic ring is 1. The van der Waals surface area contributed by atoms with Crippen LogP contribution in [0.3, 0.4) is 0 Å². The summed E-state index contributed by atoms with van der Waals surface area (Å²) in [4.78, 5) is 0.0743. The molecule has 0 heterocycles. The number of benzene rings is 2. The van der Waals surface area contributed by atoms with Crippen LogP contribution in [0.5, 0.6) is 0 Å². The molecule has 0 amide bonds. The highest BCUT2D eigenvalue weighted by Gasteiger charge is 2.16. The molecule has 0 spiro atoms. The van der Waals surface area contributed by atoms with E-state index in [9.17, 15) is 8.42 Å². The van der Waals surface area contributed by atoms with Gasteiger partial charge in [0, 0.05) is 11.3 Å². The maximum absolute atomic E-state index is 12.2. The van der Waals surface area contributed by atoms with Crippen molar-refractivity contribution in [1.29, 1.82) is 5.41 Å². The van der Waals surface area contributed by atoms with Gasteiger partial charge in [-0.05, 0) is 55.3 Å². The van der Waals surface area contributed by atoms with Gasteiger partial charge in [0.05, 0.1) is 4.90 Å². The summed E-state index contributed by atoms with van der Waals surface area (Å²) in [7, 11) is -3.78. The average molecular weight is 303 g/mol. The lowest BCUT2D eigenvalue weighted by atomic mass is 10.1. The molecule has 2 aromatic carbocycles. The van der Waals surface area contributed by atoms with Crippen LogP contribution >= 0.6 is 0 Å². The Balaban J connectivity index is 2.25. The number of nitrogens with two attached hydrogens (primary N) is 1. The number of nitrogens with one attached hydrogen (secondary N) is 2. The monoisotopic (exact) mass is 303 g/mol. The molecule has 5 nitrogen and oxygen atoms in total. The van der Waals surface area contributed by atoms with Crippen LogP contribution in [0.1, 0.15) is 16.7 Å². The van der Waals surface area contributed by atoms with Crippen molar-refractivity contribution < 1.29 is 8.42 Å². The molecule has 2 rings (SSSR count). The molecule has 0 saturated heterocycles. The van der Waals surface area contributed by atoms with Gasteiger partial charge in [0.2, 0.25) is 0 Å². The van der Waals surface area contributed by atoms with Gasteiger partial charge in [-0.1, -0.05) is 12.1 Å². The van der Waals surface area contributed by atoms with E-state index >= 15 is 0 Å². The van der Waals surface area contributed by atoms with E-state index in [4.69, 9.17) is 11.1 Å². The number of hydrogen-bond donors (Lipinski definition) is 3. The summed E-state index contributed by atoms with van der Waals surface area (Å²) >= 11 is 0. The van der Waals surface area contributed by atoms with Gasteiger partial charge < -0.3 is 5.73 Å². The summed E-state index contributed by atoms with van der Waals surface area (Å²) in [5.41, 5.74) is 8.64. The summed E-state index contributed by atoms with van der Waals surface area (Å²) in [5.74, 6) is -0.157. The van der Waals surface area contributed by atoms with Crippen molar-refractivity contribution in [2.45, 2.75) is 18.7 Å². The molecular formula is C15H17N3O2S. The number of hydrogen-bond acceptors (Lipinski definition) is 4. The fourth-order valence-corrected chi connectivity index (χ4v) is 2.79. The summed E-state index contributed by atoms with van der Waals surface area (Å²) in [6, 6.07) is 11.2. The zero-order chi connectivity index (χ0) is 15.6. The molecule has 2 aromatic rings. The normalized spacial score (nSPS) is 11.1. The predicted octanol–water partition coefficient (Wildman–Crippen LogP) is 2.19. The smallest absolute Gasteiger partial charge is 0.263 e. The molecule has 0 atom stereocenters. The van der Waals surface area contributed by atoms with Crippen LogP contribution in [0.25, 0.3) is 0 Å². The molecule has 0 aliphatic rings. The second-order valence-corrected chi connectivity index (χ2v) is 6.53. The van der Waals surface area contributed by atoms with Gasteiger partial charge in [0.15, 0.2) is 0 Å². The third-order valence-electron chi connectivity index (χ3n) is 3.22. The van der Waals surface area contributed by atoms with Crippen LogP contribution in [-0.2, 0) is 10.0 Å². The standard InChI is InChI=1S/C15H17N3O2S/c1-10-3-4-12(9-11(10)2)15(17)18-21(19,20)14-7-5-13(16)6-8-14/h3-9H,16H2,1-2H3,(H2,17,18). The minimum absolute atomic E-state index is 0.0743. The summed E-state index contributed by atoms with van der Waals surface area (Å²) in [6.45, 7) is 3.88. The zero-order valence-corrected chi connectivity index (χ0v) is 12.7. The minimum atomic E-state index is -3.78. The van der Waals surface area contributed by atoms with Gasteiger partial charge in [-0.2, -0.15) is 0 Å². The Hall–Kier alpha value is -2.34. The third kappa shape index (κ3) is 3.41. The molecule has 21 heavy (non-hydrogen) atoms. The lowest BCUT2D eigenvalue weighted by molar-refractivity contribution is 0.592. The molecule has 0 radical (unpaired) electrons. The lowest BCUT2D eigenvalue weighted by Gasteiger charge is -2.11. The number of rotatable bonds is 3. The van der Waals surface area contributed by atoms with Crippen LogP contribution in [0, 0.1) is 19.3 Å². The Morgan fingerprint density at radius 3 is 2.24 bits per heavy atom. The summed E-state index contributed by atoms with van der Waals surface area (Å²) < 4.78 is 26.6. The molecule has 110 valence electrons. The van der Waals surface area contributed by atoms with Crippen molar-refractivity contribution >= 4 is 21.5 Å². The Morgan fingerprint density at radius 2 is 1.67 bits per heavy atom. The van der Waals surface area contributed by atoms with Crippen molar-refractivity contribution in [3.8, 4) is 0 Å². The van der Waals surface area contributed by atoms with E-state index in [0.29, 0.717) is 11.3 Å². The number of aryl methyl sites for hydroxylation is 2. The second-order valence-electron chi connectivity index (χ2n) is 4.85. The Labute approximate surface area is 124 Å². The number of amidine groups is 1. The van der Waals surface area contributed by atoms with Gasteiger partial charge in [-0.3, -0.25) is 10.1 Å². The first kappa shape index (κ1) is 15.1. The first-order valence-electron chi connectivity index (χ1n) is 6.34. The van der Waals surface area contributed by atoms with Crippen molar-refractivity contribution in [2.75, 3.05) is 5.73 Å². The first-order chi connectivity index (χ1) is 9.79. The van der Waals surface area contributed by atoms with E-state index in [1.54, 1.807) is 12.1 Å². The van der Waals surface area contributed by atoms with Gasteiger partial charge in [-0.15, -0.1) is 0 Å². The van der Waals surface area contributed by atoms with E-state index in [1.165, 1.54) is 24.3 Å². The molecule has 6 heteroatoms. The van der Waals surface area contributed by atoms with E-state index < -0.39 is 10.0 Å². The van der Waals surface area contributed by atoms with Crippen LogP contribution in [0.15, 0.2) is 47.4 Å². The Morgan fingerprint density at radius 1 is 1.05 bits per heavy atom. The SMILES string of the molecule is Cc1ccc(C(=N)NS(=O)(=O)c2ccc(N)cc2)cc1C. The third-order valence-corrected chi connectivity index (χ3v) is 4.59. The molecule has 0 aliphatic heterocycles. The van der Waals surface area contributed by atoms with Gasteiger partial charge >= 0.3 is 0 Å². The van der Waals surface area contributed by atoms with Crippen molar-refractivity contribution in [3.63, 3.8) is 0 Å². The highest BCUT2D eigenvalue weighted by molar-refractivity contribution is 7.90. The maximum atomic E-state index is 12.2. The topological polar surface area (TPSA) is 96.0 Å². The summed E-state index contributed by atoms with van der Waals surface area (Å²) in [6.07, 6.45) is 0. The highest BCUT2D eigenvalue weighted by atomic mass is 32.2. The van der Waals surface area contributed by atoms with Crippen LogP contribution in [0.2, 0.25) is 0 Å². The van der Waals surface area contributed by atoms with Gasteiger partial charge in [0.25, 0.3) is 10.0 Å². The van der Waals surface area contributed by atoms with Crippen molar-refractivity contribution in [2.24, 2.45) is 0 Å². The minimum Gasteiger partial charge on any atom is -0.399 e. The molecule has 4 N–H and O–H groups in total. The number of sulfonamides is 1. The van der Waals surface area contributed by atoms with E-state index in [2.05, 4.69) is 4.72 Å². The zero-order valence-electron chi connectivity index (χ0n) is 11.8. The van der Waals surface area contributed by atoms with E-state index in [-0.39, 0.29) is 10.7 Å². The highest BCUT2D eigenvalue weighted by Crippen LogP contribution is 2.13. The largest absolute Gasteiger partial charge is 0.399 e. The molecule has 0 fully saturated rings. The van der Waals surface area contributed by atoms with Crippen molar-refractivity contribution in [3.05, 3.63) is 59.2 Å². The fourth-order valence-electron chi connectivity index (χ4n) is 1.80. The second kappa shape index (κ2) is 5.57. The summed E-state index contributed by atoms with van der Waals surface area (Å²) in [5, 5.41) is 7.93. The number of anilines is 1. The molecule has 0 unspecified atom stereocenters. The van der Waals surface area contributed by atoms with E-state index in [0.717, 1.165) is 11.1 Å². The van der Waals surface area contributed by atoms with Crippen LogP contribution < -0.4 is 10.5 Å². The van der Waals surface area contributed by atoms with Gasteiger partial charge in [0.1, 0.15) is 5.84 Å². The fraction of sp³-hybridized carbons (Fsp3) is 0.133.